The lowest BCUT2D eigenvalue weighted by Crippen LogP contribution is -2.56. The van der Waals surface area contributed by atoms with Gasteiger partial charge in [-0.05, 0) is 43.6 Å². The summed E-state index contributed by atoms with van der Waals surface area (Å²) in [5.74, 6) is 0.116. The highest BCUT2D eigenvalue weighted by Crippen LogP contribution is 2.47. The van der Waals surface area contributed by atoms with Crippen molar-refractivity contribution in [2.45, 2.75) is 77.2 Å². The van der Waals surface area contributed by atoms with Gasteiger partial charge in [0.15, 0.2) is 0 Å². The van der Waals surface area contributed by atoms with E-state index in [4.69, 9.17) is 4.74 Å². The van der Waals surface area contributed by atoms with Crippen LogP contribution in [0.15, 0.2) is 42.9 Å². The quantitative estimate of drug-likeness (QED) is 0.375. The van der Waals surface area contributed by atoms with E-state index in [0.29, 0.717) is 57.8 Å². The number of ether oxygens (including phenoxy) is 1. The number of nitrogens with zero attached hydrogens (tertiary/aromatic N) is 2. The number of H-pyrrole nitrogens is 1. The Hall–Kier alpha value is -3.36. The van der Waals surface area contributed by atoms with Crippen LogP contribution in [0.2, 0.25) is 0 Å². The second-order valence-electron chi connectivity index (χ2n) is 10.9. The summed E-state index contributed by atoms with van der Waals surface area (Å²) in [6, 6.07) is 8.65. The summed E-state index contributed by atoms with van der Waals surface area (Å²) >= 11 is 0. The lowest BCUT2D eigenvalue weighted by molar-refractivity contribution is -0.167. The molecule has 1 aromatic carbocycles. The molecule has 2 heterocycles. The Morgan fingerprint density at radius 1 is 1.13 bits per heavy atom. The maximum Gasteiger partial charge on any atom is 0.315 e. The van der Waals surface area contributed by atoms with Crippen molar-refractivity contribution in [3.05, 3.63) is 54.1 Å². The van der Waals surface area contributed by atoms with E-state index in [1.165, 1.54) is 6.42 Å². The standard InChI is InChI=1S/C30H43N5O4/c1-2-19-39-28(37)30(24-11-7-4-8-12-24)14-17-35(18-15-30)27(36)26(20-23-9-5-3-6-10-23)34-29(38)32-16-13-25-21-31-22-33-25/h3,5-6,9-10,21-22,24,26H,2,4,7-8,11-20H2,1H3,(H,31,33)(H2,32,34,38). The van der Waals surface area contributed by atoms with E-state index in [9.17, 15) is 14.4 Å². The van der Waals surface area contributed by atoms with Crippen molar-refractivity contribution in [3.63, 3.8) is 0 Å². The molecule has 1 saturated carbocycles. The molecule has 39 heavy (non-hydrogen) atoms. The van der Waals surface area contributed by atoms with Gasteiger partial charge >= 0.3 is 12.0 Å². The van der Waals surface area contributed by atoms with Crippen molar-refractivity contribution < 1.29 is 19.1 Å². The van der Waals surface area contributed by atoms with Gasteiger partial charge in [-0.25, -0.2) is 9.78 Å². The molecular formula is C30H43N5O4. The highest BCUT2D eigenvalue weighted by molar-refractivity contribution is 5.88. The predicted molar refractivity (Wildman–Crippen MR) is 149 cm³/mol. The molecular weight excluding hydrogens is 494 g/mol. The zero-order valence-electron chi connectivity index (χ0n) is 23.1. The Bertz CT molecular complexity index is 1040. The molecule has 0 radical (unpaired) electrons. The average molecular weight is 538 g/mol. The minimum Gasteiger partial charge on any atom is -0.465 e. The van der Waals surface area contributed by atoms with Crippen LogP contribution in [0.4, 0.5) is 4.79 Å². The Labute approximate surface area is 231 Å². The summed E-state index contributed by atoms with van der Waals surface area (Å²) in [5.41, 5.74) is 1.32. The van der Waals surface area contributed by atoms with Gasteiger partial charge in [0.25, 0.3) is 0 Å². The lowest BCUT2D eigenvalue weighted by atomic mass is 9.63. The van der Waals surface area contributed by atoms with Crippen LogP contribution < -0.4 is 10.6 Å². The number of piperidine rings is 1. The molecule has 2 aromatic rings. The van der Waals surface area contributed by atoms with Gasteiger partial charge in [0, 0.05) is 38.7 Å². The average Bonchev–Trinajstić information content (AvgIpc) is 3.50. The molecule has 2 fully saturated rings. The molecule has 9 heteroatoms. The van der Waals surface area contributed by atoms with Crippen molar-refractivity contribution in [1.29, 1.82) is 0 Å². The van der Waals surface area contributed by atoms with Crippen LogP contribution in [-0.4, -0.2) is 65.1 Å². The summed E-state index contributed by atoms with van der Waals surface area (Å²) in [7, 11) is 0. The van der Waals surface area contributed by atoms with Gasteiger partial charge in [0.05, 0.1) is 24.0 Å². The Morgan fingerprint density at radius 2 is 1.87 bits per heavy atom. The van der Waals surface area contributed by atoms with E-state index in [-0.39, 0.29) is 17.9 Å². The number of esters is 1. The summed E-state index contributed by atoms with van der Waals surface area (Å²) in [5, 5.41) is 5.77. The number of likely N-dealkylation sites (tertiary alicyclic amines) is 1. The molecule has 2 aliphatic rings. The molecule has 1 atom stereocenters. The zero-order valence-corrected chi connectivity index (χ0v) is 23.1. The maximum absolute atomic E-state index is 13.8. The highest BCUT2D eigenvalue weighted by atomic mass is 16.5. The summed E-state index contributed by atoms with van der Waals surface area (Å²) < 4.78 is 5.71. The second-order valence-corrected chi connectivity index (χ2v) is 10.9. The minimum atomic E-state index is -0.702. The number of benzene rings is 1. The van der Waals surface area contributed by atoms with Crippen molar-refractivity contribution in [2.75, 3.05) is 26.2 Å². The first-order valence-electron chi connectivity index (χ1n) is 14.5. The fraction of sp³-hybridized carbons (Fsp3) is 0.600. The Balaban J connectivity index is 1.41. The van der Waals surface area contributed by atoms with Crippen LogP contribution in [0.5, 0.6) is 0 Å². The first-order valence-corrected chi connectivity index (χ1v) is 14.5. The maximum atomic E-state index is 13.8. The van der Waals surface area contributed by atoms with Crippen LogP contribution in [-0.2, 0) is 27.2 Å². The van der Waals surface area contributed by atoms with Crippen LogP contribution >= 0.6 is 0 Å². The summed E-state index contributed by atoms with van der Waals surface area (Å²) in [6.07, 6.45) is 12.0. The number of hydrogen-bond acceptors (Lipinski definition) is 5. The fourth-order valence-corrected chi connectivity index (χ4v) is 6.11. The number of imidazole rings is 1. The molecule has 0 bridgehead atoms. The third kappa shape index (κ3) is 7.61. The van der Waals surface area contributed by atoms with Gasteiger partial charge in [-0.1, -0.05) is 56.5 Å². The van der Waals surface area contributed by atoms with Gasteiger partial charge in [0.1, 0.15) is 6.04 Å². The normalized spacial score (nSPS) is 18.2. The highest BCUT2D eigenvalue weighted by Gasteiger charge is 2.49. The first kappa shape index (κ1) is 28.6. The molecule has 1 aliphatic heterocycles. The lowest BCUT2D eigenvalue weighted by Gasteiger charge is -2.46. The zero-order chi connectivity index (χ0) is 27.5. The van der Waals surface area contributed by atoms with Gasteiger partial charge < -0.3 is 25.3 Å². The van der Waals surface area contributed by atoms with E-state index >= 15 is 0 Å². The largest absolute Gasteiger partial charge is 0.465 e. The molecule has 212 valence electrons. The molecule has 1 aromatic heterocycles. The van der Waals surface area contributed by atoms with E-state index in [1.54, 1.807) is 12.5 Å². The third-order valence-corrected chi connectivity index (χ3v) is 8.31. The SMILES string of the molecule is CCCOC(=O)C1(C2CCCCC2)CCN(C(=O)C(Cc2ccccc2)NC(=O)NCCc2c[nH]cn2)CC1. The fourth-order valence-electron chi connectivity index (χ4n) is 6.11. The number of hydrogen-bond donors (Lipinski definition) is 3. The number of aromatic nitrogens is 2. The van der Waals surface area contributed by atoms with Crippen LogP contribution in [0.3, 0.4) is 0 Å². The number of aromatic amines is 1. The molecule has 1 unspecified atom stereocenters. The van der Waals surface area contributed by atoms with Crippen LogP contribution in [0, 0.1) is 11.3 Å². The van der Waals surface area contributed by atoms with Gasteiger partial charge in [-0.3, -0.25) is 9.59 Å². The van der Waals surface area contributed by atoms with E-state index in [2.05, 4.69) is 20.6 Å². The predicted octanol–water partition coefficient (Wildman–Crippen LogP) is 4.01. The number of carbonyl (C=O) groups excluding carboxylic acids is 3. The number of rotatable bonds is 11. The molecule has 1 aliphatic carbocycles. The monoisotopic (exact) mass is 537 g/mol. The van der Waals surface area contributed by atoms with Crippen molar-refractivity contribution >= 4 is 17.9 Å². The van der Waals surface area contributed by atoms with Crippen molar-refractivity contribution in [3.8, 4) is 0 Å². The first-order chi connectivity index (χ1) is 19.0. The smallest absolute Gasteiger partial charge is 0.315 e. The number of carbonyl (C=O) groups is 3. The van der Waals surface area contributed by atoms with Gasteiger partial charge in [0.2, 0.25) is 5.91 Å². The van der Waals surface area contributed by atoms with Crippen LogP contribution in [0.25, 0.3) is 0 Å². The van der Waals surface area contributed by atoms with Crippen molar-refractivity contribution in [1.82, 2.24) is 25.5 Å². The molecule has 4 rings (SSSR count). The third-order valence-electron chi connectivity index (χ3n) is 8.31. The van der Waals surface area contributed by atoms with Gasteiger partial charge in [-0.2, -0.15) is 0 Å². The topological polar surface area (TPSA) is 116 Å². The van der Waals surface area contributed by atoms with E-state index in [0.717, 1.165) is 43.4 Å². The molecule has 9 nitrogen and oxygen atoms in total. The Kier molecular flexibility index (Phi) is 10.4. The molecule has 0 spiro atoms. The Morgan fingerprint density at radius 3 is 2.54 bits per heavy atom. The van der Waals surface area contributed by atoms with Crippen LogP contribution in [0.1, 0.15) is 69.5 Å². The number of amides is 3. The molecule has 1 saturated heterocycles. The number of urea groups is 1. The van der Waals surface area contributed by atoms with E-state index < -0.39 is 11.5 Å². The van der Waals surface area contributed by atoms with Crippen molar-refractivity contribution in [2.24, 2.45) is 11.3 Å². The molecule has 3 N–H and O–H groups in total. The van der Waals surface area contributed by atoms with Gasteiger partial charge in [-0.15, -0.1) is 0 Å². The minimum absolute atomic E-state index is 0.0846. The summed E-state index contributed by atoms with van der Waals surface area (Å²) in [4.78, 5) is 48.8. The summed E-state index contributed by atoms with van der Waals surface area (Å²) in [6.45, 7) is 3.84. The van der Waals surface area contributed by atoms with E-state index in [1.807, 2.05) is 42.2 Å². The molecule has 3 amide bonds. The number of nitrogens with one attached hydrogen (secondary N) is 3. The second kappa shape index (κ2) is 14.1.